The molecule has 18 heavy (non-hydrogen) atoms. The standard InChI is InChI=1S/C13H18N2O3/c16-9-11-1-3-12(4-2-11)18-10-13(17)15-7-5-14-6-8-15/h1-4,14,16H,5-10H2. The summed E-state index contributed by atoms with van der Waals surface area (Å²) in [7, 11) is 0. The second-order valence-electron chi connectivity index (χ2n) is 4.22. The van der Waals surface area contributed by atoms with Crippen LogP contribution < -0.4 is 10.1 Å². The molecule has 0 aliphatic carbocycles. The number of carbonyl (C=O) groups excluding carboxylic acids is 1. The minimum absolute atomic E-state index is 0.0139. The highest BCUT2D eigenvalue weighted by atomic mass is 16.5. The fourth-order valence-corrected chi connectivity index (χ4v) is 1.84. The summed E-state index contributed by atoms with van der Waals surface area (Å²) in [5, 5.41) is 12.1. The molecule has 1 heterocycles. The number of amides is 1. The summed E-state index contributed by atoms with van der Waals surface area (Å²) in [5.74, 6) is 0.665. The summed E-state index contributed by atoms with van der Waals surface area (Å²) in [5.41, 5.74) is 0.829. The lowest BCUT2D eigenvalue weighted by atomic mass is 10.2. The van der Waals surface area contributed by atoms with E-state index in [1.807, 2.05) is 0 Å². The van der Waals surface area contributed by atoms with Crippen LogP contribution in [0.5, 0.6) is 5.75 Å². The zero-order valence-electron chi connectivity index (χ0n) is 10.3. The highest BCUT2D eigenvalue weighted by Crippen LogP contribution is 2.12. The van der Waals surface area contributed by atoms with Gasteiger partial charge in [0.1, 0.15) is 5.75 Å². The molecule has 5 nitrogen and oxygen atoms in total. The molecule has 0 aromatic heterocycles. The maximum absolute atomic E-state index is 11.8. The van der Waals surface area contributed by atoms with Crippen molar-refractivity contribution in [2.75, 3.05) is 32.8 Å². The lowest BCUT2D eigenvalue weighted by molar-refractivity contribution is -0.133. The largest absolute Gasteiger partial charge is 0.484 e. The molecule has 0 spiro atoms. The SMILES string of the molecule is O=C(COc1ccc(CO)cc1)N1CCNCC1. The molecular weight excluding hydrogens is 232 g/mol. The van der Waals surface area contributed by atoms with Crippen LogP contribution in [0.2, 0.25) is 0 Å². The summed E-state index contributed by atoms with van der Waals surface area (Å²) >= 11 is 0. The van der Waals surface area contributed by atoms with Gasteiger partial charge in [-0.25, -0.2) is 0 Å². The van der Waals surface area contributed by atoms with Crippen LogP contribution in [0.3, 0.4) is 0 Å². The molecule has 0 atom stereocenters. The van der Waals surface area contributed by atoms with E-state index < -0.39 is 0 Å². The van der Waals surface area contributed by atoms with Gasteiger partial charge in [0, 0.05) is 26.2 Å². The van der Waals surface area contributed by atoms with Crippen LogP contribution >= 0.6 is 0 Å². The molecule has 1 amide bonds. The fourth-order valence-electron chi connectivity index (χ4n) is 1.84. The van der Waals surface area contributed by atoms with E-state index in [4.69, 9.17) is 9.84 Å². The van der Waals surface area contributed by atoms with Gasteiger partial charge in [-0.2, -0.15) is 0 Å². The number of hydrogen-bond donors (Lipinski definition) is 2. The fraction of sp³-hybridized carbons (Fsp3) is 0.462. The summed E-state index contributed by atoms with van der Waals surface area (Å²) in [6.07, 6.45) is 0. The Morgan fingerprint density at radius 1 is 1.28 bits per heavy atom. The van der Waals surface area contributed by atoms with E-state index in [2.05, 4.69) is 5.32 Å². The predicted molar refractivity (Wildman–Crippen MR) is 67.3 cm³/mol. The van der Waals surface area contributed by atoms with Gasteiger partial charge in [0.25, 0.3) is 5.91 Å². The number of aliphatic hydroxyl groups is 1. The van der Waals surface area contributed by atoms with E-state index in [0.717, 1.165) is 31.7 Å². The van der Waals surface area contributed by atoms with Crippen LogP contribution in [0.4, 0.5) is 0 Å². The molecule has 5 heteroatoms. The first kappa shape index (κ1) is 12.9. The number of carbonyl (C=O) groups is 1. The van der Waals surface area contributed by atoms with Gasteiger partial charge in [0.2, 0.25) is 0 Å². The highest BCUT2D eigenvalue weighted by Gasteiger charge is 2.16. The molecule has 0 radical (unpaired) electrons. The Balaban J connectivity index is 1.80. The average molecular weight is 250 g/mol. The highest BCUT2D eigenvalue weighted by molar-refractivity contribution is 5.77. The van der Waals surface area contributed by atoms with Gasteiger partial charge >= 0.3 is 0 Å². The second kappa shape index (κ2) is 6.37. The summed E-state index contributed by atoms with van der Waals surface area (Å²) in [6, 6.07) is 7.09. The minimum atomic E-state index is 0.0139. The third kappa shape index (κ3) is 3.45. The molecule has 1 fully saturated rings. The van der Waals surface area contributed by atoms with E-state index in [1.54, 1.807) is 29.2 Å². The van der Waals surface area contributed by atoms with Crippen molar-refractivity contribution >= 4 is 5.91 Å². The Bertz CT molecular complexity index is 386. The molecule has 1 saturated heterocycles. The van der Waals surface area contributed by atoms with Crippen molar-refractivity contribution in [1.82, 2.24) is 10.2 Å². The van der Waals surface area contributed by atoms with Crippen LogP contribution in [0.25, 0.3) is 0 Å². The number of aliphatic hydroxyl groups excluding tert-OH is 1. The van der Waals surface area contributed by atoms with Crippen LogP contribution in [0.1, 0.15) is 5.56 Å². The summed E-state index contributed by atoms with van der Waals surface area (Å²) in [4.78, 5) is 13.6. The molecule has 0 bridgehead atoms. The van der Waals surface area contributed by atoms with E-state index in [0.29, 0.717) is 5.75 Å². The van der Waals surface area contributed by atoms with Crippen molar-refractivity contribution in [1.29, 1.82) is 0 Å². The first-order chi connectivity index (χ1) is 8.79. The van der Waals surface area contributed by atoms with Gasteiger partial charge in [-0.1, -0.05) is 12.1 Å². The van der Waals surface area contributed by atoms with Crippen LogP contribution in [-0.2, 0) is 11.4 Å². The quantitative estimate of drug-likeness (QED) is 0.789. The van der Waals surface area contributed by atoms with Crippen LogP contribution in [0, 0.1) is 0 Å². The molecule has 98 valence electrons. The second-order valence-corrected chi connectivity index (χ2v) is 4.22. The van der Waals surface area contributed by atoms with Crippen molar-refractivity contribution < 1.29 is 14.6 Å². The molecule has 1 aliphatic rings. The van der Waals surface area contributed by atoms with Crippen LogP contribution in [-0.4, -0.2) is 48.7 Å². The number of rotatable bonds is 4. The monoisotopic (exact) mass is 250 g/mol. The van der Waals surface area contributed by atoms with Gasteiger partial charge < -0.3 is 20.1 Å². The Morgan fingerprint density at radius 2 is 1.94 bits per heavy atom. The van der Waals surface area contributed by atoms with Gasteiger partial charge in [0.15, 0.2) is 6.61 Å². The van der Waals surface area contributed by atoms with Gasteiger partial charge in [-0.05, 0) is 17.7 Å². The molecule has 1 aromatic carbocycles. The maximum Gasteiger partial charge on any atom is 0.260 e. The topological polar surface area (TPSA) is 61.8 Å². The lowest BCUT2D eigenvalue weighted by Gasteiger charge is -2.27. The maximum atomic E-state index is 11.8. The van der Waals surface area contributed by atoms with Crippen molar-refractivity contribution in [3.8, 4) is 5.75 Å². The Kier molecular flexibility index (Phi) is 4.55. The minimum Gasteiger partial charge on any atom is -0.484 e. The van der Waals surface area contributed by atoms with Crippen molar-refractivity contribution in [3.63, 3.8) is 0 Å². The van der Waals surface area contributed by atoms with Gasteiger partial charge in [-0.15, -0.1) is 0 Å². The zero-order valence-corrected chi connectivity index (χ0v) is 10.3. The van der Waals surface area contributed by atoms with E-state index in [-0.39, 0.29) is 19.1 Å². The number of nitrogens with one attached hydrogen (secondary N) is 1. The molecule has 1 aliphatic heterocycles. The third-order valence-electron chi connectivity index (χ3n) is 2.94. The molecule has 2 N–H and O–H groups in total. The van der Waals surface area contributed by atoms with E-state index in [9.17, 15) is 4.79 Å². The molecule has 1 aromatic rings. The number of benzene rings is 1. The van der Waals surface area contributed by atoms with E-state index in [1.165, 1.54) is 0 Å². The molecule has 0 unspecified atom stereocenters. The predicted octanol–water partition coefficient (Wildman–Crippen LogP) is -0.0105. The first-order valence-electron chi connectivity index (χ1n) is 6.10. The number of piperazine rings is 1. The third-order valence-corrected chi connectivity index (χ3v) is 2.94. The Hall–Kier alpha value is -1.59. The van der Waals surface area contributed by atoms with Crippen molar-refractivity contribution in [2.24, 2.45) is 0 Å². The summed E-state index contributed by atoms with van der Waals surface area (Å²) in [6.45, 7) is 3.25. The molecule has 0 saturated carbocycles. The number of nitrogens with zero attached hydrogens (tertiary/aromatic N) is 1. The smallest absolute Gasteiger partial charge is 0.260 e. The zero-order chi connectivity index (χ0) is 12.8. The van der Waals surface area contributed by atoms with Crippen molar-refractivity contribution in [3.05, 3.63) is 29.8 Å². The Labute approximate surface area is 106 Å². The number of hydrogen-bond acceptors (Lipinski definition) is 4. The first-order valence-corrected chi connectivity index (χ1v) is 6.10. The number of ether oxygens (including phenoxy) is 1. The molecule has 2 rings (SSSR count). The molecular formula is C13H18N2O3. The lowest BCUT2D eigenvalue weighted by Crippen LogP contribution is -2.47. The van der Waals surface area contributed by atoms with Gasteiger partial charge in [-0.3, -0.25) is 4.79 Å². The average Bonchev–Trinajstić information content (AvgIpc) is 2.46. The Morgan fingerprint density at radius 3 is 2.56 bits per heavy atom. The van der Waals surface area contributed by atoms with E-state index >= 15 is 0 Å². The van der Waals surface area contributed by atoms with Crippen molar-refractivity contribution in [2.45, 2.75) is 6.61 Å². The van der Waals surface area contributed by atoms with Gasteiger partial charge in [0.05, 0.1) is 6.61 Å². The van der Waals surface area contributed by atoms with Crippen LogP contribution in [0.15, 0.2) is 24.3 Å². The summed E-state index contributed by atoms with van der Waals surface area (Å²) < 4.78 is 5.43. The normalized spacial score (nSPS) is 15.5.